The maximum atomic E-state index is 14.9. The molecule has 9 heteroatoms. The number of benzene rings is 3. The third-order valence-corrected chi connectivity index (χ3v) is 9.58. The van der Waals surface area contributed by atoms with Crippen LogP contribution in [0.5, 0.6) is 5.75 Å². The number of phenolic OH excluding ortho intramolecular Hbond substituents is 1. The summed E-state index contributed by atoms with van der Waals surface area (Å²) in [5, 5.41) is 21.4. The molecule has 2 saturated heterocycles. The zero-order chi connectivity index (χ0) is 28.6. The molecule has 4 amide bonds. The van der Waals surface area contributed by atoms with E-state index in [4.69, 9.17) is 11.6 Å². The van der Waals surface area contributed by atoms with Crippen molar-refractivity contribution in [3.05, 3.63) is 107 Å². The molecular formula is C32H25ClN2O6. The minimum Gasteiger partial charge on any atom is -0.508 e. The summed E-state index contributed by atoms with van der Waals surface area (Å²) in [6.45, 7) is 0. The minimum atomic E-state index is -1.41. The Morgan fingerprint density at radius 3 is 2.32 bits per heavy atom. The van der Waals surface area contributed by atoms with Crippen LogP contribution in [0.2, 0.25) is 5.02 Å². The summed E-state index contributed by atoms with van der Waals surface area (Å²) in [5.41, 5.74) is 0.937. The van der Waals surface area contributed by atoms with E-state index in [0.29, 0.717) is 21.8 Å². The molecule has 3 fully saturated rings. The molecule has 3 aromatic rings. The number of carbonyl (C=O) groups excluding carboxylic acids is 4. The van der Waals surface area contributed by atoms with Crippen molar-refractivity contribution in [1.82, 2.24) is 5.06 Å². The van der Waals surface area contributed by atoms with Gasteiger partial charge in [-0.05, 0) is 60.2 Å². The number of rotatable bonds is 3. The van der Waals surface area contributed by atoms with Crippen LogP contribution < -0.4 is 4.90 Å². The van der Waals surface area contributed by atoms with Crippen molar-refractivity contribution < 1.29 is 29.5 Å². The second kappa shape index (κ2) is 9.12. The quantitative estimate of drug-likeness (QED) is 0.271. The molecule has 8 nitrogen and oxygen atoms in total. The van der Waals surface area contributed by atoms with Gasteiger partial charge in [0.15, 0.2) is 0 Å². The van der Waals surface area contributed by atoms with Crippen LogP contribution in [0.25, 0.3) is 0 Å². The lowest BCUT2D eigenvalue weighted by atomic mass is 9.49. The van der Waals surface area contributed by atoms with E-state index in [1.165, 1.54) is 11.0 Å². The van der Waals surface area contributed by atoms with E-state index in [9.17, 15) is 29.5 Å². The van der Waals surface area contributed by atoms with Gasteiger partial charge in [-0.25, -0.2) is 4.90 Å². The van der Waals surface area contributed by atoms with Crippen molar-refractivity contribution >= 4 is 40.9 Å². The van der Waals surface area contributed by atoms with E-state index in [2.05, 4.69) is 0 Å². The van der Waals surface area contributed by atoms with Gasteiger partial charge in [-0.2, -0.15) is 5.06 Å². The number of allylic oxidation sites excluding steroid dienone is 2. The molecule has 0 spiro atoms. The fraction of sp³-hybridized carbons (Fsp3) is 0.250. The molecule has 2 aliphatic heterocycles. The fourth-order valence-corrected chi connectivity index (χ4v) is 7.99. The molecule has 6 atom stereocenters. The minimum absolute atomic E-state index is 0.00389. The summed E-state index contributed by atoms with van der Waals surface area (Å²) < 4.78 is 0. The summed E-state index contributed by atoms with van der Waals surface area (Å²) in [4.78, 5) is 56.6. The SMILES string of the molecule is O=C1C2CC=C3C(CC4C(=O)N(c5cccc(Cl)c5)C(=O)C4(c4ccccc4)C3c3cccc(O)c3)C2C(=O)N1O. The highest BCUT2D eigenvalue weighted by atomic mass is 35.5. The maximum Gasteiger partial charge on any atom is 0.257 e. The number of aromatic hydroxyl groups is 1. The second-order valence-corrected chi connectivity index (χ2v) is 11.6. The third-order valence-electron chi connectivity index (χ3n) is 9.35. The molecule has 0 aromatic heterocycles. The van der Waals surface area contributed by atoms with Gasteiger partial charge in [-0.1, -0.05) is 71.8 Å². The highest BCUT2D eigenvalue weighted by Gasteiger charge is 2.70. The number of hydrogen-bond donors (Lipinski definition) is 2. The number of anilines is 1. The molecule has 0 bridgehead atoms. The lowest BCUT2D eigenvalue weighted by Gasteiger charge is -2.50. The number of phenols is 1. The molecule has 2 aliphatic carbocycles. The normalized spacial score (nSPS) is 30.7. The number of hydroxylamine groups is 2. The van der Waals surface area contributed by atoms with Gasteiger partial charge in [-0.3, -0.25) is 24.4 Å². The topological polar surface area (TPSA) is 115 Å². The monoisotopic (exact) mass is 568 g/mol. The van der Waals surface area contributed by atoms with Gasteiger partial charge < -0.3 is 5.11 Å². The Bertz CT molecular complexity index is 1670. The predicted molar refractivity (Wildman–Crippen MR) is 148 cm³/mol. The number of hydrogen-bond acceptors (Lipinski definition) is 6. The van der Waals surface area contributed by atoms with Crippen molar-refractivity contribution in [2.75, 3.05) is 4.90 Å². The molecule has 2 N–H and O–H groups in total. The van der Waals surface area contributed by atoms with E-state index in [0.717, 1.165) is 5.57 Å². The van der Waals surface area contributed by atoms with Crippen molar-refractivity contribution in [3.8, 4) is 5.75 Å². The molecule has 2 heterocycles. The highest BCUT2D eigenvalue weighted by Crippen LogP contribution is 2.64. The van der Waals surface area contributed by atoms with Crippen LogP contribution in [0.15, 0.2) is 90.5 Å². The first-order chi connectivity index (χ1) is 19.7. The first-order valence-electron chi connectivity index (χ1n) is 13.5. The molecule has 6 unspecified atom stereocenters. The lowest BCUT2D eigenvalue weighted by Crippen LogP contribution is -2.53. The van der Waals surface area contributed by atoms with Crippen LogP contribution in [0, 0.1) is 23.7 Å². The van der Waals surface area contributed by atoms with Crippen LogP contribution in [0.1, 0.15) is 29.9 Å². The van der Waals surface area contributed by atoms with E-state index in [1.807, 2.05) is 36.4 Å². The standard InChI is InChI=1S/C32H25ClN2O6/c33-19-9-5-10-20(15-19)34-29(38)25-16-24-22(12-13-23-26(24)30(39)35(41)28(23)37)27(17-6-4-11-21(36)14-17)32(25,31(34)40)18-7-2-1-3-8-18/h1-12,14-15,23-27,36,41H,13,16H2. The van der Waals surface area contributed by atoms with Crippen molar-refractivity contribution in [1.29, 1.82) is 0 Å². The zero-order valence-corrected chi connectivity index (χ0v) is 22.4. The molecule has 41 heavy (non-hydrogen) atoms. The van der Waals surface area contributed by atoms with Crippen LogP contribution in [-0.4, -0.2) is 39.0 Å². The van der Waals surface area contributed by atoms with Crippen molar-refractivity contribution in [2.24, 2.45) is 23.7 Å². The molecule has 0 radical (unpaired) electrons. The Balaban J connectivity index is 1.52. The van der Waals surface area contributed by atoms with E-state index in [-0.39, 0.29) is 23.7 Å². The van der Waals surface area contributed by atoms with Crippen LogP contribution in [-0.2, 0) is 24.6 Å². The number of carbonyl (C=O) groups is 4. The molecule has 1 saturated carbocycles. The molecule has 4 aliphatic rings. The number of imide groups is 2. The van der Waals surface area contributed by atoms with Gasteiger partial charge in [0.2, 0.25) is 11.8 Å². The average molecular weight is 569 g/mol. The van der Waals surface area contributed by atoms with Crippen LogP contribution >= 0.6 is 11.6 Å². The largest absolute Gasteiger partial charge is 0.508 e. The second-order valence-electron chi connectivity index (χ2n) is 11.2. The Morgan fingerprint density at radius 1 is 0.829 bits per heavy atom. The average Bonchev–Trinajstić information content (AvgIpc) is 3.34. The number of nitrogens with zero attached hydrogens (tertiary/aromatic N) is 2. The van der Waals surface area contributed by atoms with Gasteiger partial charge in [-0.15, -0.1) is 0 Å². The fourth-order valence-electron chi connectivity index (χ4n) is 7.81. The molecular weight excluding hydrogens is 544 g/mol. The molecule has 206 valence electrons. The van der Waals surface area contributed by atoms with Gasteiger partial charge in [0, 0.05) is 10.9 Å². The number of amides is 4. The first-order valence-corrected chi connectivity index (χ1v) is 13.9. The first kappa shape index (κ1) is 25.7. The molecule has 7 rings (SSSR count). The summed E-state index contributed by atoms with van der Waals surface area (Å²) in [6.07, 6.45) is 2.24. The van der Waals surface area contributed by atoms with Crippen molar-refractivity contribution in [3.63, 3.8) is 0 Å². The van der Waals surface area contributed by atoms with E-state index < -0.39 is 58.6 Å². The summed E-state index contributed by atoms with van der Waals surface area (Å²) in [6, 6.07) is 22.3. The Kier molecular flexibility index (Phi) is 5.71. The van der Waals surface area contributed by atoms with Crippen LogP contribution in [0.3, 0.4) is 0 Å². The van der Waals surface area contributed by atoms with E-state index in [1.54, 1.807) is 42.5 Å². The molecule has 3 aromatic carbocycles. The predicted octanol–water partition coefficient (Wildman–Crippen LogP) is 4.60. The maximum absolute atomic E-state index is 14.9. The Morgan fingerprint density at radius 2 is 1.59 bits per heavy atom. The van der Waals surface area contributed by atoms with Gasteiger partial charge in [0.05, 0.1) is 28.9 Å². The van der Waals surface area contributed by atoms with E-state index >= 15 is 0 Å². The van der Waals surface area contributed by atoms with Gasteiger partial charge >= 0.3 is 0 Å². The summed E-state index contributed by atoms with van der Waals surface area (Å²) in [5.74, 6) is -6.02. The Hall–Kier alpha value is -4.27. The highest BCUT2D eigenvalue weighted by molar-refractivity contribution is 6.32. The summed E-state index contributed by atoms with van der Waals surface area (Å²) in [7, 11) is 0. The number of fused-ring (bicyclic) bond motifs is 4. The Labute approximate surface area is 240 Å². The third kappa shape index (κ3) is 3.44. The van der Waals surface area contributed by atoms with Crippen molar-refractivity contribution in [2.45, 2.75) is 24.2 Å². The van der Waals surface area contributed by atoms with Gasteiger partial charge in [0.1, 0.15) is 5.75 Å². The van der Waals surface area contributed by atoms with Gasteiger partial charge in [0.25, 0.3) is 11.8 Å². The lowest BCUT2D eigenvalue weighted by molar-refractivity contribution is -0.173. The summed E-state index contributed by atoms with van der Waals surface area (Å²) >= 11 is 6.29. The smallest absolute Gasteiger partial charge is 0.257 e. The number of halogens is 1. The zero-order valence-electron chi connectivity index (χ0n) is 21.7. The van der Waals surface area contributed by atoms with Crippen LogP contribution in [0.4, 0.5) is 5.69 Å².